The van der Waals surface area contributed by atoms with Gasteiger partial charge in [0.1, 0.15) is 11.5 Å². The van der Waals surface area contributed by atoms with Gasteiger partial charge in [0.25, 0.3) is 5.91 Å². The van der Waals surface area contributed by atoms with Crippen LogP contribution in [0.3, 0.4) is 0 Å². The number of anilines is 1. The number of nitrogens with two attached hydrogens (primary N) is 1. The quantitative estimate of drug-likeness (QED) is 0.884. The first kappa shape index (κ1) is 13.3. The Morgan fingerprint density at radius 2 is 2.16 bits per heavy atom. The van der Waals surface area contributed by atoms with E-state index in [1.54, 1.807) is 6.07 Å². The number of aromatic nitrogens is 1. The van der Waals surface area contributed by atoms with Gasteiger partial charge in [-0.3, -0.25) is 4.79 Å². The molecular formula is C15H19N3O. The average molecular weight is 257 g/mol. The van der Waals surface area contributed by atoms with Gasteiger partial charge in [-0.2, -0.15) is 0 Å². The van der Waals surface area contributed by atoms with Crippen LogP contribution in [-0.2, 0) is 0 Å². The average Bonchev–Trinajstić information content (AvgIpc) is 2.44. The van der Waals surface area contributed by atoms with Crippen molar-refractivity contribution in [3.05, 3.63) is 36.0 Å². The Bertz CT molecular complexity index is 595. The van der Waals surface area contributed by atoms with Gasteiger partial charge in [-0.25, -0.2) is 4.98 Å². The van der Waals surface area contributed by atoms with E-state index in [1.807, 2.05) is 24.3 Å². The van der Waals surface area contributed by atoms with Crippen molar-refractivity contribution in [1.82, 2.24) is 10.3 Å². The van der Waals surface area contributed by atoms with Gasteiger partial charge < -0.3 is 11.1 Å². The van der Waals surface area contributed by atoms with Crippen molar-refractivity contribution in [3.8, 4) is 0 Å². The second kappa shape index (κ2) is 5.69. The third kappa shape index (κ3) is 3.02. The summed E-state index contributed by atoms with van der Waals surface area (Å²) in [6.07, 6.45) is 1.04. The fourth-order valence-corrected chi connectivity index (χ4v) is 1.84. The van der Waals surface area contributed by atoms with Crippen molar-refractivity contribution in [2.45, 2.75) is 20.3 Å². The second-order valence-corrected chi connectivity index (χ2v) is 4.84. The lowest BCUT2D eigenvalue weighted by atomic mass is 10.1. The Labute approximate surface area is 113 Å². The molecule has 2 rings (SSSR count). The molecule has 0 aliphatic rings. The molecule has 0 bridgehead atoms. The molecule has 0 radical (unpaired) electrons. The first-order valence-electron chi connectivity index (χ1n) is 6.55. The summed E-state index contributed by atoms with van der Waals surface area (Å²) in [4.78, 5) is 16.2. The Kier molecular flexibility index (Phi) is 4.00. The van der Waals surface area contributed by atoms with Crippen LogP contribution >= 0.6 is 0 Å². The van der Waals surface area contributed by atoms with Gasteiger partial charge in [-0.15, -0.1) is 0 Å². The van der Waals surface area contributed by atoms with E-state index in [1.165, 1.54) is 0 Å². The molecule has 1 amide bonds. The highest BCUT2D eigenvalue weighted by Gasteiger charge is 2.11. The highest BCUT2D eigenvalue weighted by atomic mass is 16.1. The minimum Gasteiger partial charge on any atom is -0.383 e. The third-order valence-electron chi connectivity index (χ3n) is 3.31. The number of hydrogen-bond acceptors (Lipinski definition) is 3. The van der Waals surface area contributed by atoms with Gasteiger partial charge in [-0.1, -0.05) is 44.5 Å². The molecule has 3 N–H and O–H groups in total. The number of hydrogen-bond donors (Lipinski definition) is 2. The maximum absolute atomic E-state index is 12.0. The van der Waals surface area contributed by atoms with Crippen LogP contribution in [0.2, 0.25) is 0 Å². The van der Waals surface area contributed by atoms with Crippen molar-refractivity contribution in [3.63, 3.8) is 0 Å². The minimum absolute atomic E-state index is 0.169. The molecule has 1 atom stereocenters. The summed E-state index contributed by atoms with van der Waals surface area (Å²) in [5.41, 5.74) is 6.26. The molecule has 0 saturated carbocycles. The third-order valence-corrected chi connectivity index (χ3v) is 3.31. The molecule has 4 nitrogen and oxygen atoms in total. The van der Waals surface area contributed by atoms with Gasteiger partial charge in [-0.05, 0) is 17.4 Å². The number of nitrogens with zero attached hydrogens (tertiary/aromatic N) is 1. The lowest BCUT2D eigenvalue weighted by Gasteiger charge is -2.10. The Hall–Kier alpha value is -2.10. The van der Waals surface area contributed by atoms with E-state index in [4.69, 9.17) is 5.73 Å². The number of carbonyl (C=O) groups is 1. The van der Waals surface area contributed by atoms with Crippen LogP contribution in [0.25, 0.3) is 10.8 Å². The molecule has 0 aliphatic carbocycles. The van der Waals surface area contributed by atoms with Crippen molar-refractivity contribution >= 4 is 22.5 Å². The van der Waals surface area contributed by atoms with Crippen LogP contribution in [0.5, 0.6) is 0 Å². The second-order valence-electron chi connectivity index (χ2n) is 4.84. The summed E-state index contributed by atoms with van der Waals surface area (Å²) in [5.74, 6) is 0.686. The lowest BCUT2D eigenvalue weighted by molar-refractivity contribution is 0.0943. The van der Waals surface area contributed by atoms with Crippen LogP contribution in [-0.4, -0.2) is 17.4 Å². The number of benzene rings is 1. The van der Waals surface area contributed by atoms with E-state index >= 15 is 0 Å². The molecule has 4 heteroatoms. The van der Waals surface area contributed by atoms with Gasteiger partial charge in [0.2, 0.25) is 0 Å². The molecule has 0 spiro atoms. The summed E-state index contributed by atoms with van der Waals surface area (Å²) in [6, 6.07) is 9.43. The Morgan fingerprint density at radius 1 is 1.42 bits per heavy atom. The maximum atomic E-state index is 12.0. The van der Waals surface area contributed by atoms with E-state index in [0.29, 0.717) is 24.0 Å². The van der Waals surface area contributed by atoms with E-state index in [0.717, 1.165) is 17.2 Å². The number of fused-ring (bicyclic) bond motifs is 1. The summed E-state index contributed by atoms with van der Waals surface area (Å²) < 4.78 is 0. The zero-order valence-electron chi connectivity index (χ0n) is 11.3. The molecule has 2 aromatic rings. The van der Waals surface area contributed by atoms with Crippen molar-refractivity contribution in [2.24, 2.45) is 5.92 Å². The Balaban J connectivity index is 2.23. The Morgan fingerprint density at radius 3 is 2.89 bits per heavy atom. The molecular weight excluding hydrogens is 238 g/mol. The topological polar surface area (TPSA) is 68.0 Å². The van der Waals surface area contributed by atoms with Crippen molar-refractivity contribution < 1.29 is 4.79 Å². The number of carbonyl (C=O) groups excluding carboxylic acids is 1. The normalized spacial score (nSPS) is 12.3. The zero-order valence-corrected chi connectivity index (χ0v) is 11.3. The largest absolute Gasteiger partial charge is 0.383 e. The van der Waals surface area contributed by atoms with Crippen LogP contribution in [0, 0.1) is 5.92 Å². The smallest absolute Gasteiger partial charge is 0.270 e. The molecule has 1 aromatic heterocycles. The number of nitrogens with one attached hydrogen (secondary N) is 1. The minimum atomic E-state index is -0.169. The molecule has 0 saturated heterocycles. The van der Waals surface area contributed by atoms with Crippen LogP contribution in [0.4, 0.5) is 5.82 Å². The van der Waals surface area contributed by atoms with Gasteiger partial charge in [0, 0.05) is 11.9 Å². The molecule has 0 fully saturated rings. The molecule has 1 aromatic carbocycles. The zero-order chi connectivity index (χ0) is 13.8. The molecule has 100 valence electrons. The summed E-state index contributed by atoms with van der Waals surface area (Å²) in [7, 11) is 0. The molecule has 0 aliphatic heterocycles. The SMILES string of the molecule is CCC(C)CNC(=O)c1cc2ccccc2c(N)n1. The lowest BCUT2D eigenvalue weighted by Crippen LogP contribution is -2.28. The van der Waals surface area contributed by atoms with E-state index < -0.39 is 0 Å². The molecule has 1 unspecified atom stereocenters. The molecule has 1 heterocycles. The van der Waals surface area contributed by atoms with Crippen LogP contribution in [0.15, 0.2) is 30.3 Å². The highest BCUT2D eigenvalue weighted by Crippen LogP contribution is 2.19. The number of pyridine rings is 1. The number of nitrogen functional groups attached to an aromatic ring is 1. The number of amides is 1. The number of rotatable bonds is 4. The van der Waals surface area contributed by atoms with Gasteiger partial charge in [0.15, 0.2) is 0 Å². The van der Waals surface area contributed by atoms with E-state index in [2.05, 4.69) is 24.1 Å². The predicted molar refractivity (Wildman–Crippen MR) is 77.9 cm³/mol. The maximum Gasteiger partial charge on any atom is 0.270 e. The van der Waals surface area contributed by atoms with Crippen LogP contribution < -0.4 is 11.1 Å². The highest BCUT2D eigenvalue weighted by molar-refractivity contribution is 5.99. The van der Waals surface area contributed by atoms with E-state index in [-0.39, 0.29) is 5.91 Å². The summed E-state index contributed by atoms with van der Waals surface area (Å²) >= 11 is 0. The van der Waals surface area contributed by atoms with Gasteiger partial charge in [0.05, 0.1) is 0 Å². The van der Waals surface area contributed by atoms with Gasteiger partial charge >= 0.3 is 0 Å². The standard InChI is InChI=1S/C15H19N3O/c1-3-10(2)9-17-15(19)13-8-11-6-4-5-7-12(11)14(16)18-13/h4-8,10H,3,9H2,1-2H3,(H2,16,18)(H,17,19). The monoisotopic (exact) mass is 257 g/mol. The van der Waals surface area contributed by atoms with Crippen molar-refractivity contribution in [1.29, 1.82) is 0 Å². The predicted octanol–water partition coefficient (Wildman–Crippen LogP) is 2.59. The fourth-order valence-electron chi connectivity index (χ4n) is 1.84. The fraction of sp³-hybridized carbons (Fsp3) is 0.333. The van der Waals surface area contributed by atoms with Crippen molar-refractivity contribution in [2.75, 3.05) is 12.3 Å². The molecule has 19 heavy (non-hydrogen) atoms. The first-order valence-corrected chi connectivity index (χ1v) is 6.55. The summed E-state index contributed by atoms with van der Waals surface area (Å²) in [5, 5.41) is 4.69. The first-order chi connectivity index (χ1) is 9.11. The van der Waals surface area contributed by atoms with E-state index in [9.17, 15) is 4.79 Å². The van der Waals surface area contributed by atoms with Crippen LogP contribution in [0.1, 0.15) is 30.8 Å². The summed E-state index contributed by atoms with van der Waals surface area (Å²) in [6.45, 7) is 4.86.